The van der Waals surface area contributed by atoms with Crippen molar-refractivity contribution in [2.24, 2.45) is 0 Å². The summed E-state index contributed by atoms with van der Waals surface area (Å²) >= 11 is 0. The monoisotopic (exact) mass is 894 g/mol. The van der Waals surface area contributed by atoms with Crippen LogP contribution < -0.4 is 71.2 Å². The van der Waals surface area contributed by atoms with Gasteiger partial charge in [-0.15, -0.1) is 0 Å². The van der Waals surface area contributed by atoms with Crippen molar-refractivity contribution in [3.05, 3.63) is 127 Å². The van der Waals surface area contributed by atoms with Gasteiger partial charge in [-0.05, 0) is 91.3 Å². The van der Waals surface area contributed by atoms with E-state index in [1.807, 2.05) is 19.3 Å². The average Bonchev–Trinajstić information content (AvgIpc) is 3.29. The zero-order valence-electron chi connectivity index (χ0n) is 41.8. The normalized spacial score (nSPS) is 11.9. The van der Waals surface area contributed by atoms with Gasteiger partial charge in [0.1, 0.15) is 35.5 Å². The first kappa shape index (κ1) is 46.5. The van der Waals surface area contributed by atoms with Gasteiger partial charge < -0.3 is 34.0 Å². The Balaban J connectivity index is 1.32. The summed E-state index contributed by atoms with van der Waals surface area (Å²) in [6.07, 6.45) is 6.92. The lowest BCUT2D eigenvalue weighted by Crippen LogP contribution is -2.57. The molecule has 0 spiro atoms. The number of hydrogen-bond donors (Lipinski definition) is 0. The largest absolute Gasteiger partial charge is 0.440 e. The topological polar surface area (TPSA) is 86.2 Å². The molecule has 0 unspecified atom stereocenters. The van der Waals surface area contributed by atoms with Gasteiger partial charge in [-0.2, -0.15) is 0 Å². The number of quaternary nitrogens is 1. The van der Waals surface area contributed by atoms with Crippen LogP contribution in [0.4, 0.5) is 39.8 Å². The minimum atomic E-state index is -0.308. The number of ether oxygens (including phenoxy) is 2. The maximum atomic E-state index is 7.15. The fourth-order valence-electron chi connectivity index (χ4n) is 9.39. The lowest BCUT2D eigenvalue weighted by Gasteiger charge is -2.36. The van der Waals surface area contributed by atoms with Crippen LogP contribution in [0.5, 0.6) is 23.3 Å². The van der Waals surface area contributed by atoms with Crippen LogP contribution in [0.15, 0.2) is 110 Å². The molecular weight excluding hydrogens is 830 g/mol. The third-order valence-corrected chi connectivity index (χ3v) is 13.2. The van der Waals surface area contributed by atoms with Crippen molar-refractivity contribution in [1.82, 2.24) is 24.4 Å². The zero-order valence-corrected chi connectivity index (χ0v) is 41.8. The van der Waals surface area contributed by atoms with Gasteiger partial charge in [0.15, 0.2) is 0 Å². The first-order valence-corrected chi connectivity index (χ1v) is 22.7. The summed E-state index contributed by atoms with van der Waals surface area (Å²) in [5.74, 6) is 2.39. The number of aromatic nitrogens is 4. The number of aryl methyl sites for hydroxylation is 3. The Morgan fingerprint density at radius 1 is 0.522 bits per heavy atom. The summed E-state index contributed by atoms with van der Waals surface area (Å²) in [5, 5.41) is 0. The molecule has 7 aromatic rings. The van der Waals surface area contributed by atoms with Crippen molar-refractivity contribution in [2.45, 2.75) is 20.8 Å². The van der Waals surface area contributed by atoms with E-state index in [1.165, 1.54) is 11.3 Å². The van der Waals surface area contributed by atoms with E-state index < -0.39 is 0 Å². The van der Waals surface area contributed by atoms with Gasteiger partial charge in [-0.1, -0.05) is 35.3 Å². The van der Waals surface area contributed by atoms with E-state index in [9.17, 15) is 0 Å². The summed E-state index contributed by atoms with van der Waals surface area (Å²) in [6.45, 7) is 5.84. The molecule has 5 aromatic carbocycles. The molecule has 3 heterocycles. The van der Waals surface area contributed by atoms with Gasteiger partial charge in [-0.25, -0.2) is 19.9 Å². The molecule has 0 N–H and O–H groups in total. The molecule has 1 aliphatic heterocycles. The minimum Gasteiger partial charge on any atom is -0.440 e. The number of hydrogen-bond acceptors (Lipinski definition) is 11. The van der Waals surface area contributed by atoms with Crippen molar-refractivity contribution in [2.75, 3.05) is 109 Å². The molecule has 0 fully saturated rings. The van der Waals surface area contributed by atoms with E-state index in [-0.39, 0.29) is 13.4 Å². The Kier molecular flexibility index (Phi) is 12.7. The highest BCUT2D eigenvalue weighted by Gasteiger charge is 2.41. The number of fused-ring (bicyclic) bond motifs is 2. The molecule has 8 rings (SSSR count). The van der Waals surface area contributed by atoms with Crippen LogP contribution >= 0.6 is 0 Å². The summed E-state index contributed by atoms with van der Waals surface area (Å²) in [4.78, 5) is 29.6. The first-order valence-electron chi connectivity index (χ1n) is 22.7. The van der Waals surface area contributed by atoms with Crippen LogP contribution in [-0.4, -0.2) is 118 Å². The second-order valence-corrected chi connectivity index (χ2v) is 19.2. The van der Waals surface area contributed by atoms with Crippen molar-refractivity contribution in [3.8, 4) is 23.3 Å². The predicted molar refractivity (Wildman–Crippen MR) is 285 cm³/mol. The summed E-state index contributed by atoms with van der Waals surface area (Å²) in [7, 11) is 25.3. The van der Waals surface area contributed by atoms with Crippen molar-refractivity contribution < 1.29 is 9.47 Å². The summed E-state index contributed by atoms with van der Waals surface area (Å²) in [5.41, 5.74) is 17.2. The highest BCUT2D eigenvalue weighted by Crippen LogP contribution is 2.38. The number of benzene rings is 5. The second-order valence-electron chi connectivity index (χ2n) is 19.2. The molecule has 1 aliphatic rings. The van der Waals surface area contributed by atoms with E-state index in [0.29, 0.717) is 27.7 Å². The highest BCUT2D eigenvalue weighted by atomic mass is 16.5. The zero-order chi connectivity index (χ0) is 48.1. The standard InChI is InChI=1S/C53H63B2N10O2/c1-34-16-17-39(62(8)9)27-48(34)65(14,15)49-28-40(63(10)11)20-23-43(49)55-44-29-50(36(3)25-51(44)67-53-46(55)31-57-33-59-53)66-52-45(30-56-32-58-52)54(41-21-18-37(60(4)5)24-35(41)2)42-22-19-38(61(6)7)26-47(42)64(12)13/h16-33H,1-15H3/q+1. The quantitative estimate of drug-likeness (QED) is 0.111. The van der Waals surface area contributed by atoms with Crippen LogP contribution in [0, 0.1) is 20.8 Å². The predicted octanol–water partition coefficient (Wildman–Crippen LogP) is 5.35. The first-order chi connectivity index (χ1) is 31.8. The lowest BCUT2D eigenvalue weighted by molar-refractivity contribution is 0.451. The fourth-order valence-corrected chi connectivity index (χ4v) is 9.39. The molecule has 14 heteroatoms. The molecule has 0 amide bonds. The van der Waals surface area contributed by atoms with E-state index in [0.717, 1.165) is 78.0 Å². The Morgan fingerprint density at radius 2 is 1.10 bits per heavy atom. The molecule has 0 radical (unpaired) electrons. The maximum absolute atomic E-state index is 7.15. The number of nitrogens with zero attached hydrogens (tertiary/aromatic N) is 10. The van der Waals surface area contributed by atoms with E-state index in [2.05, 4.69) is 218 Å². The molecule has 0 saturated carbocycles. The van der Waals surface area contributed by atoms with Crippen molar-refractivity contribution in [1.29, 1.82) is 0 Å². The number of anilines is 5. The van der Waals surface area contributed by atoms with Gasteiger partial charge in [0.2, 0.25) is 11.8 Å². The molecular formula is C53H63B2N10O2+. The van der Waals surface area contributed by atoms with Gasteiger partial charge in [0, 0.05) is 140 Å². The van der Waals surface area contributed by atoms with E-state index in [1.54, 1.807) is 12.7 Å². The number of rotatable bonds is 13. The molecule has 0 bridgehead atoms. The summed E-state index contributed by atoms with van der Waals surface area (Å²) < 4.78 is 14.3. The molecule has 0 aliphatic carbocycles. The minimum absolute atomic E-state index is 0.272. The van der Waals surface area contributed by atoms with Crippen LogP contribution in [0.3, 0.4) is 0 Å². The third kappa shape index (κ3) is 8.85. The Bertz CT molecular complexity index is 2970. The molecule has 0 atom stereocenters. The third-order valence-electron chi connectivity index (χ3n) is 13.2. The lowest BCUT2D eigenvalue weighted by atomic mass is 9.35. The molecule has 0 saturated heterocycles. The molecule has 342 valence electrons. The van der Waals surface area contributed by atoms with Crippen LogP contribution in [0.2, 0.25) is 0 Å². The molecule has 12 nitrogen and oxygen atoms in total. The Hall–Kier alpha value is -7.05. The van der Waals surface area contributed by atoms with E-state index in [4.69, 9.17) is 19.4 Å². The second kappa shape index (κ2) is 18.3. The Labute approximate surface area is 398 Å². The van der Waals surface area contributed by atoms with Gasteiger partial charge in [0.25, 0.3) is 13.4 Å². The van der Waals surface area contributed by atoms with Gasteiger partial charge in [-0.3, -0.25) is 4.48 Å². The van der Waals surface area contributed by atoms with Crippen LogP contribution in [0.25, 0.3) is 0 Å². The summed E-state index contributed by atoms with van der Waals surface area (Å²) in [6, 6.07) is 30.9. The Morgan fingerprint density at radius 3 is 1.76 bits per heavy atom. The average molecular weight is 894 g/mol. The molecule has 67 heavy (non-hydrogen) atoms. The van der Waals surface area contributed by atoms with E-state index >= 15 is 0 Å². The van der Waals surface area contributed by atoms with Crippen LogP contribution in [0.1, 0.15) is 16.7 Å². The SMILES string of the molecule is Cc1cc2c(cc1Oc1ncncc1B(c1ccc(N(C)C)cc1C)c1ccc(N(C)C)cc1N(C)C)B(c1ccc(N(C)C)cc1[N+](C)(C)c1cc(N(C)C)ccc1C)c1cncnc1O2. The van der Waals surface area contributed by atoms with Gasteiger partial charge >= 0.3 is 0 Å². The van der Waals surface area contributed by atoms with Crippen molar-refractivity contribution >= 4 is 86.0 Å². The van der Waals surface area contributed by atoms with Crippen LogP contribution in [-0.2, 0) is 0 Å². The maximum Gasteiger partial charge on any atom is 0.263 e. The van der Waals surface area contributed by atoms with Gasteiger partial charge in [0.05, 0.1) is 14.1 Å². The fraction of sp³-hybridized carbons (Fsp3) is 0.283. The smallest absolute Gasteiger partial charge is 0.263 e. The van der Waals surface area contributed by atoms with Crippen molar-refractivity contribution in [3.63, 3.8) is 0 Å². The highest BCUT2D eigenvalue weighted by molar-refractivity contribution is 6.98. The molecule has 2 aromatic heterocycles.